The van der Waals surface area contributed by atoms with Gasteiger partial charge < -0.3 is 4.57 Å². The minimum atomic E-state index is -3.54. The number of aryl methyl sites for hydroxylation is 1. The van der Waals surface area contributed by atoms with Gasteiger partial charge in [-0.2, -0.15) is 0 Å². The minimum absolute atomic E-state index is 0.213. The molecule has 0 aliphatic carbocycles. The Morgan fingerprint density at radius 3 is 2.55 bits per heavy atom. The Hall–Kier alpha value is -1.80. The van der Waals surface area contributed by atoms with Crippen LogP contribution in [0.25, 0.3) is 0 Å². The molecular weight excluding hydrogens is 283 g/mol. The van der Waals surface area contributed by atoms with Gasteiger partial charge in [-0.1, -0.05) is 12.1 Å². The van der Waals surface area contributed by atoms with Crippen LogP contribution in [0, 0.1) is 5.82 Å². The number of nitrogens with one attached hydrogen (secondary N) is 1. The molecule has 1 aromatic carbocycles. The Morgan fingerprint density at radius 2 is 2.00 bits per heavy atom. The summed E-state index contributed by atoms with van der Waals surface area (Å²) in [5.74, 6) is -0.0885. The van der Waals surface area contributed by atoms with Crippen molar-refractivity contribution in [3.05, 3.63) is 47.8 Å². The maximum absolute atomic E-state index is 12.8. The molecule has 0 aliphatic rings. The average Bonchev–Trinajstić information content (AvgIpc) is 2.77. The van der Waals surface area contributed by atoms with Crippen LogP contribution in [0.4, 0.5) is 4.39 Å². The van der Waals surface area contributed by atoms with Crippen molar-refractivity contribution in [2.24, 2.45) is 7.05 Å². The van der Waals surface area contributed by atoms with Crippen LogP contribution in [0.15, 0.2) is 30.6 Å². The maximum Gasteiger partial charge on any atom is 0.216 e. The van der Waals surface area contributed by atoms with Crippen LogP contribution in [-0.4, -0.2) is 23.2 Å². The molecule has 0 fully saturated rings. The van der Waals surface area contributed by atoms with Crippen molar-refractivity contribution in [1.82, 2.24) is 19.5 Å². The quantitative estimate of drug-likeness (QED) is 0.898. The fraction of sp³-hybridized carbons (Fsp3) is 0.333. The van der Waals surface area contributed by atoms with Crippen molar-refractivity contribution in [2.75, 3.05) is 0 Å². The zero-order valence-corrected chi connectivity index (χ0v) is 11.9. The predicted octanol–water partition coefficient (Wildman–Crippen LogP) is 1.13. The standard InChI is InChI=1S/C12H15FN4O2S/c1-9(12-15-14-8-17(12)2)16-20(18,19)7-10-3-5-11(13)6-4-10/h3-6,8-9,16H,7H2,1-2H3/t9-/m1/s1. The van der Waals surface area contributed by atoms with Crippen LogP contribution in [0.1, 0.15) is 24.4 Å². The number of halogens is 1. The molecule has 0 saturated carbocycles. The summed E-state index contributed by atoms with van der Waals surface area (Å²) in [6.07, 6.45) is 1.50. The lowest BCUT2D eigenvalue weighted by molar-refractivity contribution is 0.552. The predicted molar refractivity (Wildman–Crippen MR) is 71.6 cm³/mol. The lowest BCUT2D eigenvalue weighted by atomic mass is 10.2. The van der Waals surface area contributed by atoms with Gasteiger partial charge in [-0.25, -0.2) is 17.5 Å². The summed E-state index contributed by atoms with van der Waals surface area (Å²) in [5.41, 5.74) is 0.518. The molecule has 1 aromatic heterocycles. The zero-order valence-electron chi connectivity index (χ0n) is 11.1. The third-order valence-corrected chi connectivity index (χ3v) is 4.19. The van der Waals surface area contributed by atoms with Crippen LogP contribution in [0.2, 0.25) is 0 Å². The minimum Gasteiger partial charge on any atom is -0.319 e. The Labute approximate surface area is 116 Å². The lowest BCUT2D eigenvalue weighted by Gasteiger charge is -2.13. The number of hydrogen-bond donors (Lipinski definition) is 1. The fourth-order valence-corrected chi connectivity index (χ4v) is 3.21. The second-order valence-corrected chi connectivity index (χ2v) is 6.28. The van der Waals surface area contributed by atoms with Gasteiger partial charge in [0.2, 0.25) is 10.0 Å². The van der Waals surface area contributed by atoms with E-state index < -0.39 is 21.9 Å². The molecule has 1 N–H and O–H groups in total. The van der Waals surface area contributed by atoms with Crippen LogP contribution in [0.3, 0.4) is 0 Å². The lowest BCUT2D eigenvalue weighted by Crippen LogP contribution is -2.29. The van der Waals surface area contributed by atoms with Crippen LogP contribution in [0.5, 0.6) is 0 Å². The molecule has 1 atom stereocenters. The van der Waals surface area contributed by atoms with Gasteiger partial charge >= 0.3 is 0 Å². The van der Waals surface area contributed by atoms with Crippen molar-refractivity contribution < 1.29 is 12.8 Å². The highest BCUT2D eigenvalue weighted by atomic mass is 32.2. The first kappa shape index (κ1) is 14.6. The van der Waals surface area contributed by atoms with Gasteiger partial charge in [-0.05, 0) is 24.6 Å². The number of aromatic nitrogens is 3. The Bertz CT molecular complexity index is 682. The summed E-state index contributed by atoms with van der Waals surface area (Å²) in [6.45, 7) is 1.69. The summed E-state index contributed by atoms with van der Waals surface area (Å²) in [7, 11) is -1.81. The van der Waals surface area contributed by atoms with E-state index in [2.05, 4.69) is 14.9 Å². The molecule has 2 rings (SSSR count). The number of hydrogen-bond acceptors (Lipinski definition) is 4. The summed E-state index contributed by atoms with van der Waals surface area (Å²) in [5, 5.41) is 7.56. The largest absolute Gasteiger partial charge is 0.319 e. The first-order valence-corrected chi connectivity index (χ1v) is 7.61. The number of nitrogens with zero attached hydrogens (tertiary/aromatic N) is 3. The fourth-order valence-electron chi connectivity index (χ4n) is 1.85. The SMILES string of the molecule is C[C@@H](NS(=O)(=O)Cc1ccc(F)cc1)c1nncn1C. The molecule has 0 saturated heterocycles. The van der Waals surface area contributed by atoms with E-state index in [0.717, 1.165) is 0 Å². The number of rotatable bonds is 5. The second kappa shape index (κ2) is 5.68. The highest BCUT2D eigenvalue weighted by Gasteiger charge is 2.19. The normalized spacial score (nSPS) is 13.3. The van der Waals surface area contributed by atoms with Gasteiger partial charge in [0.1, 0.15) is 18.0 Å². The molecule has 1 heterocycles. The Balaban J connectivity index is 2.08. The number of benzene rings is 1. The molecule has 0 unspecified atom stereocenters. The van der Waals surface area contributed by atoms with Crippen molar-refractivity contribution in [3.8, 4) is 0 Å². The van der Waals surface area contributed by atoms with Crippen molar-refractivity contribution >= 4 is 10.0 Å². The highest BCUT2D eigenvalue weighted by Crippen LogP contribution is 2.12. The molecule has 0 bridgehead atoms. The zero-order chi connectivity index (χ0) is 14.8. The van der Waals surface area contributed by atoms with E-state index in [-0.39, 0.29) is 5.75 Å². The first-order valence-electron chi connectivity index (χ1n) is 5.96. The topological polar surface area (TPSA) is 76.9 Å². The Morgan fingerprint density at radius 1 is 1.35 bits per heavy atom. The maximum atomic E-state index is 12.8. The van der Waals surface area contributed by atoms with E-state index in [1.54, 1.807) is 18.5 Å². The van der Waals surface area contributed by atoms with Gasteiger partial charge in [0.05, 0.1) is 11.8 Å². The van der Waals surface area contributed by atoms with Crippen LogP contribution < -0.4 is 4.72 Å². The van der Waals surface area contributed by atoms with E-state index in [1.165, 1.54) is 30.6 Å². The molecular formula is C12H15FN4O2S. The van der Waals surface area contributed by atoms with Gasteiger partial charge in [-0.3, -0.25) is 0 Å². The van der Waals surface area contributed by atoms with E-state index >= 15 is 0 Å². The highest BCUT2D eigenvalue weighted by molar-refractivity contribution is 7.88. The van der Waals surface area contributed by atoms with Gasteiger partial charge in [-0.15, -0.1) is 10.2 Å². The summed E-state index contributed by atoms with van der Waals surface area (Å²) >= 11 is 0. The van der Waals surface area contributed by atoms with Crippen molar-refractivity contribution in [1.29, 1.82) is 0 Å². The van der Waals surface area contributed by atoms with Gasteiger partial charge in [0.25, 0.3) is 0 Å². The molecule has 20 heavy (non-hydrogen) atoms. The van der Waals surface area contributed by atoms with Gasteiger partial charge in [0, 0.05) is 7.05 Å². The monoisotopic (exact) mass is 298 g/mol. The smallest absolute Gasteiger partial charge is 0.216 e. The first-order chi connectivity index (χ1) is 9.37. The number of sulfonamides is 1. The van der Waals surface area contributed by atoms with E-state index in [1.807, 2.05) is 0 Å². The molecule has 108 valence electrons. The molecule has 6 nitrogen and oxygen atoms in total. The Kier molecular flexibility index (Phi) is 4.15. The van der Waals surface area contributed by atoms with Crippen LogP contribution in [-0.2, 0) is 22.8 Å². The third-order valence-electron chi connectivity index (χ3n) is 2.76. The van der Waals surface area contributed by atoms with Crippen molar-refractivity contribution in [2.45, 2.75) is 18.7 Å². The van der Waals surface area contributed by atoms with Gasteiger partial charge in [0.15, 0.2) is 0 Å². The second-order valence-electron chi connectivity index (χ2n) is 4.53. The molecule has 2 aromatic rings. The van der Waals surface area contributed by atoms with Crippen LogP contribution >= 0.6 is 0 Å². The van der Waals surface area contributed by atoms with E-state index in [4.69, 9.17) is 0 Å². The average molecular weight is 298 g/mol. The summed E-state index contributed by atoms with van der Waals surface area (Å²) in [4.78, 5) is 0. The molecule has 0 aliphatic heterocycles. The molecule has 0 amide bonds. The summed E-state index contributed by atoms with van der Waals surface area (Å²) in [6, 6.07) is 4.87. The van der Waals surface area contributed by atoms with Crippen molar-refractivity contribution in [3.63, 3.8) is 0 Å². The van der Waals surface area contributed by atoms with E-state index in [9.17, 15) is 12.8 Å². The molecule has 8 heteroatoms. The summed E-state index contributed by atoms with van der Waals surface area (Å²) < 4.78 is 41.0. The molecule has 0 spiro atoms. The third kappa shape index (κ3) is 3.61. The molecule has 0 radical (unpaired) electrons. The van der Waals surface area contributed by atoms with E-state index in [0.29, 0.717) is 11.4 Å².